The van der Waals surface area contributed by atoms with Crippen molar-refractivity contribution >= 4 is 0 Å². The zero-order valence-corrected chi connectivity index (χ0v) is 9.25. The fourth-order valence-corrected chi connectivity index (χ4v) is 1.33. The summed E-state index contributed by atoms with van der Waals surface area (Å²) in [7, 11) is 1.58. The molecule has 0 aliphatic rings. The third kappa shape index (κ3) is 2.52. The number of rotatable bonds is 3. The Hall–Kier alpha value is -2.54. The maximum Gasteiger partial charge on any atom is 0.237 e. The van der Waals surface area contributed by atoms with Crippen molar-refractivity contribution < 1.29 is 9.47 Å². The van der Waals surface area contributed by atoms with Crippen LogP contribution in [0.15, 0.2) is 42.6 Å². The van der Waals surface area contributed by atoms with Crippen molar-refractivity contribution in [1.82, 2.24) is 4.98 Å². The average molecular weight is 226 g/mol. The Balaban J connectivity index is 2.28. The Kier molecular flexibility index (Phi) is 3.22. The van der Waals surface area contributed by atoms with Crippen LogP contribution in [0.5, 0.6) is 17.4 Å². The maximum absolute atomic E-state index is 8.90. The van der Waals surface area contributed by atoms with E-state index in [9.17, 15) is 0 Å². The molecule has 0 unspecified atom stereocenters. The molecule has 1 heterocycles. The summed E-state index contributed by atoms with van der Waals surface area (Å²) >= 11 is 0. The van der Waals surface area contributed by atoms with E-state index in [2.05, 4.69) is 4.98 Å². The number of methoxy groups -OCH3 is 1. The van der Waals surface area contributed by atoms with Crippen molar-refractivity contribution in [2.24, 2.45) is 0 Å². The first-order valence-corrected chi connectivity index (χ1v) is 5.00. The first kappa shape index (κ1) is 11.0. The molecule has 0 aliphatic heterocycles. The highest BCUT2D eigenvalue weighted by Crippen LogP contribution is 2.25. The largest absolute Gasteiger partial charge is 0.497 e. The molecule has 0 saturated heterocycles. The lowest BCUT2D eigenvalue weighted by Gasteiger charge is -2.07. The van der Waals surface area contributed by atoms with Crippen molar-refractivity contribution in [2.75, 3.05) is 7.11 Å². The topological polar surface area (TPSA) is 55.1 Å². The van der Waals surface area contributed by atoms with Gasteiger partial charge in [0.05, 0.1) is 7.11 Å². The van der Waals surface area contributed by atoms with Crippen LogP contribution in [0, 0.1) is 11.3 Å². The van der Waals surface area contributed by atoms with Crippen LogP contribution in [0.2, 0.25) is 0 Å². The van der Waals surface area contributed by atoms with Crippen molar-refractivity contribution in [1.29, 1.82) is 5.26 Å². The number of ether oxygens (including phenoxy) is 2. The third-order valence-corrected chi connectivity index (χ3v) is 2.15. The summed E-state index contributed by atoms with van der Waals surface area (Å²) in [5, 5.41) is 8.90. The van der Waals surface area contributed by atoms with E-state index in [-0.39, 0.29) is 0 Å². The van der Waals surface area contributed by atoms with Gasteiger partial charge in [-0.25, -0.2) is 4.98 Å². The second-order valence-electron chi connectivity index (χ2n) is 3.25. The average Bonchev–Trinajstić information content (AvgIpc) is 2.39. The molecule has 4 heteroatoms. The predicted molar refractivity (Wildman–Crippen MR) is 62.0 cm³/mol. The molecule has 4 nitrogen and oxygen atoms in total. The molecule has 0 spiro atoms. The number of nitriles is 1. The Labute approximate surface area is 99.1 Å². The third-order valence-electron chi connectivity index (χ3n) is 2.15. The molecular formula is C13H10N2O2. The summed E-state index contributed by atoms with van der Waals surface area (Å²) < 4.78 is 10.6. The monoisotopic (exact) mass is 226 g/mol. The summed E-state index contributed by atoms with van der Waals surface area (Å²) in [5.74, 6) is 1.57. The molecule has 2 aromatic rings. The molecule has 0 atom stereocenters. The van der Waals surface area contributed by atoms with Crippen LogP contribution in [0.25, 0.3) is 0 Å². The van der Waals surface area contributed by atoms with Gasteiger partial charge in [-0.2, -0.15) is 5.26 Å². The molecule has 0 fully saturated rings. The first-order valence-electron chi connectivity index (χ1n) is 5.00. The van der Waals surface area contributed by atoms with Gasteiger partial charge >= 0.3 is 0 Å². The lowest BCUT2D eigenvalue weighted by molar-refractivity contribution is 0.407. The fourth-order valence-electron chi connectivity index (χ4n) is 1.33. The smallest absolute Gasteiger partial charge is 0.237 e. The molecule has 0 bridgehead atoms. The number of pyridine rings is 1. The van der Waals surface area contributed by atoms with Gasteiger partial charge in [0.2, 0.25) is 5.88 Å². The normalized spacial score (nSPS) is 9.41. The van der Waals surface area contributed by atoms with Gasteiger partial charge in [0.1, 0.15) is 23.1 Å². The number of aromatic nitrogens is 1. The van der Waals surface area contributed by atoms with E-state index in [1.54, 1.807) is 37.6 Å². The Bertz CT molecular complexity index is 561. The van der Waals surface area contributed by atoms with Gasteiger partial charge in [0, 0.05) is 12.3 Å². The van der Waals surface area contributed by atoms with Gasteiger partial charge in [0.15, 0.2) is 0 Å². The summed E-state index contributed by atoms with van der Waals surface area (Å²) in [6.07, 6.45) is 1.58. The standard InChI is InChI=1S/C13H10N2O2/c1-16-11-5-2-6-12(8-11)17-13-10(9-14)4-3-7-15-13/h2-8H,1H3. The first-order chi connectivity index (χ1) is 8.33. The zero-order chi connectivity index (χ0) is 12.1. The number of hydrogen-bond acceptors (Lipinski definition) is 4. The quantitative estimate of drug-likeness (QED) is 0.807. The second kappa shape index (κ2) is 4.99. The predicted octanol–water partition coefficient (Wildman–Crippen LogP) is 2.75. The Morgan fingerprint density at radius 2 is 2.00 bits per heavy atom. The van der Waals surface area contributed by atoms with Gasteiger partial charge in [-0.05, 0) is 24.3 Å². The molecular weight excluding hydrogens is 216 g/mol. The summed E-state index contributed by atoms with van der Waals surface area (Å²) in [6, 6.07) is 12.5. The number of benzene rings is 1. The summed E-state index contributed by atoms with van der Waals surface area (Å²) in [5.41, 5.74) is 0.398. The Morgan fingerprint density at radius 3 is 2.76 bits per heavy atom. The molecule has 1 aromatic heterocycles. The molecule has 0 saturated carbocycles. The van der Waals surface area contributed by atoms with Crippen LogP contribution in [0.4, 0.5) is 0 Å². The SMILES string of the molecule is COc1cccc(Oc2ncccc2C#N)c1. The minimum absolute atomic E-state index is 0.295. The van der Waals surface area contributed by atoms with Crippen molar-refractivity contribution in [3.8, 4) is 23.4 Å². The van der Waals surface area contributed by atoms with Gasteiger partial charge in [0.25, 0.3) is 0 Å². The van der Waals surface area contributed by atoms with Crippen molar-refractivity contribution in [3.05, 3.63) is 48.2 Å². The van der Waals surface area contributed by atoms with E-state index in [0.717, 1.165) is 0 Å². The van der Waals surface area contributed by atoms with Gasteiger partial charge in [-0.1, -0.05) is 6.07 Å². The van der Waals surface area contributed by atoms with Gasteiger partial charge < -0.3 is 9.47 Å². The van der Waals surface area contributed by atoms with Gasteiger partial charge in [-0.3, -0.25) is 0 Å². The highest BCUT2D eigenvalue weighted by molar-refractivity contribution is 5.41. The van der Waals surface area contributed by atoms with Crippen molar-refractivity contribution in [3.63, 3.8) is 0 Å². The highest BCUT2D eigenvalue weighted by Gasteiger charge is 2.05. The lowest BCUT2D eigenvalue weighted by Crippen LogP contribution is -1.91. The summed E-state index contributed by atoms with van der Waals surface area (Å²) in [6.45, 7) is 0. The molecule has 17 heavy (non-hydrogen) atoms. The zero-order valence-electron chi connectivity index (χ0n) is 9.25. The van der Waals surface area contributed by atoms with E-state index < -0.39 is 0 Å². The number of hydrogen-bond donors (Lipinski definition) is 0. The van der Waals surface area contributed by atoms with Crippen LogP contribution in [-0.2, 0) is 0 Å². The van der Waals surface area contributed by atoms with Crippen LogP contribution < -0.4 is 9.47 Å². The Morgan fingerprint density at radius 1 is 1.18 bits per heavy atom. The lowest BCUT2D eigenvalue weighted by atomic mass is 10.3. The molecule has 0 aliphatic carbocycles. The van der Waals surface area contributed by atoms with E-state index in [0.29, 0.717) is 22.9 Å². The van der Waals surface area contributed by atoms with Gasteiger partial charge in [-0.15, -0.1) is 0 Å². The number of nitrogens with zero attached hydrogens (tertiary/aromatic N) is 2. The second-order valence-corrected chi connectivity index (χ2v) is 3.25. The fraction of sp³-hybridized carbons (Fsp3) is 0.0769. The minimum atomic E-state index is 0.295. The van der Waals surface area contributed by atoms with Crippen LogP contribution in [0.3, 0.4) is 0 Å². The minimum Gasteiger partial charge on any atom is -0.497 e. The molecule has 2 rings (SSSR count). The van der Waals surface area contributed by atoms with Crippen molar-refractivity contribution in [2.45, 2.75) is 0 Å². The van der Waals surface area contributed by atoms with Crippen LogP contribution >= 0.6 is 0 Å². The molecule has 1 aromatic carbocycles. The van der Waals surface area contributed by atoms with E-state index in [1.165, 1.54) is 0 Å². The summed E-state index contributed by atoms with van der Waals surface area (Å²) in [4.78, 5) is 4.01. The van der Waals surface area contributed by atoms with Crippen LogP contribution in [0.1, 0.15) is 5.56 Å². The molecule has 0 radical (unpaired) electrons. The van der Waals surface area contributed by atoms with E-state index in [4.69, 9.17) is 14.7 Å². The highest BCUT2D eigenvalue weighted by atomic mass is 16.5. The van der Waals surface area contributed by atoms with E-state index in [1.807, 2.05) is 18.2 Å². The molecule has 0 N–H and O–H groups in total. The van der Waals surface area contributed by atoms with E-state index >= 15 is 0 Å². The molecule has 0 amide bonds. The maximum atomic E-state index is 8.90. The van der Waals surface area contributed by atoms with Crippen LogP contribution in [-0.4, -0.2) is 12.1 Å². The molecule has 84 valence electrons.